The predicted molar refractivity (Wildman–Crippen MR) is 101 cm³/mol. The van der Waals surface area contributed by atoms with Crippen molar-refractivity contribution < 1.29 is 4.74 Å². The van der Waals surface area contributed by atoms with Gasteiger partial charge in [0.15, 0.2) is 5.96 Å². The maximum atomic E-state index is 5.66. The zero-order chi connectivity index (χ0) is 16.5. The summed E-state index contributed by atoms with van der Waals surface area (Å²) in [6.07, 6.45) is 3.86. The summed E-state index contributed by atoms with van der Waals surface area (Å²) < 4.78 is 5.66. The van der Waals surface area contributed by atoms with E-state index in [1.54, 1.807) is 0 Å². The standard InChI is InChI=1S/C18H29N3OS/c1-14(2)22-16-8-6-15(7-9-16)10-11-20-18(19-3)21-13-17-5-4-12-23-17/h6-9,14,17H,4-5,10-13H2,1-3H3,(H2,19,20,21). The van der Waals surface area contributed by atoms with Gasteiger partial charge in [-0.3, -0.25) is 4.99 Å². The first-order valence-corrected chi connectivity index (χ1v) is 9.54. The van der Waals surface area contributed by atoms with Crippen LogP contribution in [0, 0.1) is 0 Å². The number of hydrogen-bond donors (Lipinski definition) is 2. The Morgan fingerprint density at radius 2 is 2.09 bits per heavy atom. The van der Waals surface area contributed by atoms with Gasteiger partial charge in [-0.05, 0) is 56.6 Å². The van der Waals surface area contributed by atoms with Crippen LogP contribution in [0.3, 0.4) is 0 Å². The molecule has 1 aromatic carbocycles. The second-order valence-electron chi connectivity index (χ2n) is 6.08. The Kier molecular flexibility index (Phi) is 7.59. The second kappa shape index (κ2) is 9.71. The Bertz CT molecular complexity index is 482. The third-order valence-corrected chi connectivity index (χ3v) is 5.14. The van der Waals surface area contributed by atoms with Crippen molar-refractivity contribution in [3.8, 4) is 5.75 Å². The van der Waals surface area contributed by atoms with Crippen molar-refractivity contribution in [1.29, 1.82) is 0 Å². The molecule has 0 bridgehead atoms. The first-order valence-electron chi connectivity index (χ1n) is 8.49. The molecular formula is C18H29N3OS. The molecule has 1 aromatic rings. The van der Waals surface area contributed by atoms with Gasteiger partial charge < -0.3 is 15.4 Å². The SMILES string of the molecule is CN=C(NCCc1ccc(OC(C)C)cc1)NCC1CCCS1. The van der Waals surface area contributed by atoms with E-state index in [0.29, 0.717) is 0 Å². The van der Waals surface area contributed by atoms with Crippen molar-refractivity contribution in [3.05, 3.63) is 29.8 Å². The number of nitrogens with one attached hydrogen (secondary N) is 2. The molecule has 0 spiro atoms. The predicted octanol–water partition coefficient (Wildman–Crippen LogP) is 3.08. The summed E-state index contributed by atoms with van der Waals surface area (Å²) in [5.74, 6) is 3.13. The van der Waals surface area contributed by atoms with Gasteiger partial charge in [0.25, 0.3) is 0 Å². The van der Waals surface area contributed by atoms with E-state index >= 15 is 0 Å². The Morgan fingerprint density at radius 3 is 2.70 bits per heavy atom. The number of rotatable bonds is 7. The molecular weight excluding hydrogens is 306 g/mol. The zero-order valence-electron chi connectivity index (χ0n) is 14.5. The molecule has 2 rings (SSSR count). The fraction of sp³-hybridized carbons (Fsp3) is 0.611. The number of guanidine groups is 1. The van der Waals surface area contributed by atoms with E-state index in [4.69, 9.17) is 4.74 Å². The molecule has 128 valence electrons. The Labute approximate surface area is 144 Å². The lowest BCUT2D eigenvalue weighted by molar-refractivity contribution is 0.242. The molecule has 0 amide bonds. The van der Waals surface area contributed by atoms with E-state index < -0.39 is 0 Å². The molecule has 2 N–H and O–H groups in total. The van der Waals surface area contributed by atoms with Crippen LogP contribution in [-0.4, -0.2) is 43.2 Å². The lowest BCUT2D eigenvalue weighted by Gasteiger charge is -2.15. The minimum atomic E-state index is 0.218. The average Bonchev–Trinajstić information content (AvgIpc) is 3.05. The van der Waals surface area contributed by atoms with Crippen LogP contribution >= 0.6 is 11.8 Å². The van der Waals surface area contributed by atoms with E-state index in [0.717, 1.165) is 36.5 Å². The number of thioether (sulfide) groups is 1. The van der Waals surface area contributed by atoms with E-state index in [1.165, 1.54) is 24.2 Å². The van der Waals surface area contributed by atoms with Gasteiger partial charge in [0.1, 0.15) is 5.75 Å². The highest BCUT2D eigenvalue weighted by atomic mass is 32.2. The molecule has 23 heavy (non-hydrogen) atoms. The van der Waals surface area contributed by atoms with Gasteiger partial charge in [0, 0.05) is 25.4 Å². The van der Waals surface area contributed by atoms with Crippen LogP contribution < -0.4 is 15.4 Å². The van der Waals surface area contributed by atoms with Gasteiger partial charge >= 0.3 is 0 Å². The van der Waals surface area contributed by atoms with Crippen molar-refractivity contribution >= 4 is 17.7 Å². The Balaban J connectivity index is 1.68. The highest BCUT2D eigenvalue weighted by Crippen LogP contribution is 2.25. The summed E-state index contributed by atoms with van der Waals surface area (Å²) in [5.41, 5.74) is 1.30. The lowest BCUT2D eigenvalue weighted by Crippen LogP contribution is -2.40. The summed E-state index contributed by atoms with van der Waals surface area (Å²) in [4.78, 5) is 4.29. The fourth-order valence-corrected chi connectivity index (χ4v) is 3.77. The maximum absolute atomic E-state index is 5.66. The summed E-state index contributed by atoms with van der Waals surface area (Å²) in [6, 6.07) is 8.34. The Morgan fingerprint density at radius 1 is 1.30 bits per heavy atom. The van der Waals surface area contributed by atoms with E-state index in [1.807, 2.05) is 33.0 Å². The summed E-state index contributed by atoms with van der Waals surface area (Å²) in [5, 5.41) is 7.55. The molecule has 1 aliphatic heterocycles. The number of ether oxygens (including phenoxy) is 1. The van der Waals surface area contributed by atoms with Crippen LogP contribution in [0.1, 0.15) is 32.3 Å². The van der Waals surface area contributed by atoms with Crippen molar-refractivity contribution in [2.75, 3.05) is 25.9 Å². The molecule has 4 nitrogen and oxygen atoms in total. The first kappa shape index (κ1) is 18.0. The van der Waals surface area contributed by atoms with Crippen LogP contribution in [0.5, 0.6) is 5.75 Å². The van der Waals surface area contributed by atoms with Crippen molar-refractivity contribution in [3.63, 3.8) is 0 Å². The largest absolute Gasteiger partial charge is 0.491 e. The monoisotopic (exact) mass is 335 g/mol. The van der Waals surface area contributed by atoms with Gasteiger partial charge in [-0.15, -0.1) is 0 Å². The minimum Gasteiger partial charge on any atom is -0.491 e. The molecule has 0 saturated carbocycles. The maximum Gasteiger partial charge on any atom is 0.191 e. The smallest absolute Gasteiger partial charge is 0.191 e. The van der Waals surface area contributed by atoms with Crippen molar-refractivity contribution in [2.24, 2.45) is 4.99 Å². The molecule has 1 fully saturated rings. The summed E-state index contributed by atoms with van der Waals surface area (Å²) in [7, 11) is 1.83. The minimum absolute atomic E-state index is 0.218. The fourth-order valence-electron chi connectivity index (χ4n) is 2.57. The van der Waals surface area contributed by atoms with Gasteiger partial charge in [-0.25, -0.2) is 0 Å². The first-order chi connectivity index (χ1) is 11.2. The molecule has 0 aliphatic carbocycles. The number of aliphatic imine (C=N–C) groups is 1. The van der Waals surface area contributed by atoms with Gasteiger partial charge in [0.05, 0.1) is 6.10 Å². The van der Waals surface area contributed by atoms with Crippen molar-refractivity contribution in [2.45, 2.75) is 44.5 Å². The van der Waals surface area contributed by atoms with Crippen LogP contribution in [0.25, 0.3) is 0 Å². The number of benzene rings is 1. The highest BCUT2D eigenvalue weighted by molar-refractivity contribution is 8.00. The van der Waals surface area contributed by atoms with Gasteiger partial charge in [-0.2, -0.15) is 11.8 Å². The molecule has 1 atom stereocenters. The molecule has 0 aromatic heterocycles. The van der Waals surface area contributed by atoms with E-state index in [2.05, 4.69) is 39.5 Å². The second-order valence-corrected chi connectivity index (χ2v) is 7.48. The molecule has 1 heterocycles. The molecule has 5 heteroatoms. The molecule has 1 saturated heterocycles. The van der Waals surface area contributed by atoms with Crippen LogP contribution in [0.15, 0.2) is 29.3 Å². The van der Waals surface area contributed by atoms with Gasteiger partial charge in [-0.1, -0.05) is 12.1 Å². The topological polar surface area (TPSA) is 45.7 Å². The number of hydrogen-bond acceptors (Lipinski definition) is 3. The molecule has 1 aliphatic rings. The number of nitrogens with zero attached hydrogens (tertiary/aromatic N) is 1. The van der Waals surface area contributed by atoms with Crippen LogP contribution in [0.4, 0.5) is 0 Å². The third-order valence-electron chi connectivity index (χ3n) is 3.75. The van der Waals surface area contributed by atoms with E-state index in [9.17, 15) is 0 Å². The summed E-state index contributed by atoms with van der Waals surface area (Å²) >= 11 is 2.06. The quantitative estimate of drug-likeness (QED) is 0.594. The zero-order valence-corrected chi connectivity index (χ0v) is 15.3. The van der Waals surface area contributed by atoms with Gasteiger partial charge in [0.2, 0.25) is 0 Å². The third kappa shape index (κ3) is 6.73. The van der Waals surface area contributed by atoms with Crippen LogP contribution in [-0.2, 0) is 6.42 Å². The van der Waals surface area contributed by atoms with Crippen molar-refractivity contribution in [1.82, 2.24) is 10.6 Å². The van der Waals surface area contributed by atoms with Crippen LogP contribution in [0.2, 0.25) is 0 Å². The highest BCUT2D eigenvalue weighted by Gasteiger charge is 2.15. The lowest BCUT2D eigenvalue weighted by atomic mass is 10.1. The molecule has 0 radical (unpaired) electrons. The Hall–Kier alpha value is -1.36. The molecule has 1 unspecified atom stereocenters. The summed E-state index contributed by atoms with van der Waals surface area (Å²) in [6.45, 7) is 5.97. The van der Waals surface area contributed by atoms with E-state index in [-0.39, 0.29) is 6.10 Å². The normalized spacial score (nSPS) is 18.3. The average molecular weight is 336 g/mol.